The standard InChI is InChI=1S/C28H29N3O3/c1-19-16-20(2)18-24(17-19)34-15-14-31-27(32)25(21-8-6-5-7-9-21)26(28(31)33)29-22-10-12-23(13-11-22)30(3)4/h5-13,16-18,29H,14-15H2,1-4H3. The molecule has 0 saturated heterocycles. The van der Waals surface area contributed by atoms with E-state index in [1.165, 1.54) is 4.90 Å². The number of nitrogens with one attached hydrogen (secondary N) is 1. The monoisotopic (exact) mass is 455 g/mol. The molecule has 0 bridgehead atoms. The van der Waals surface area contributed by atoms with Gasteiger partial charge in [0.2, 0.25) is 0 Å². The molecule has 6 nitrogen and oxygen atoms in total. The van der Waals surface area contributed by atoms with Gasteiger partial charge in [-0.05, 0) is 66.9 Å². The van der Waals surface area contributed by atoms with Gasteiger partial charge in [0.25, 0.3) is 11.8 Å². The molecule has 174 valence electrons. The van der Waals surface area contributed by atoms with Crippen molar-refractivity contribution in [3.8, 4) is 5.75 Å². The summed E-state index contributed by atoms with van der Waals surface area (Å²) in [5, 5.41) is 3.20. The summed E-state index contributed by atoms with van der Waals surface area (Å²) in [6.07, 6.45) is 0. The molecule has 1 heterocycles. The van der Waals surface area contributed by atoms with E-state index in [4.69, 9.17) is 4.74 Å². The van der Waals surface area contributed by atoms with E-state index in [1.807, 2.05) is 99.6 Å². The molecular formula is C28H29N3O3. The molecule has 1 aliphatic heterocycles. The highest BCUT2D eigenvalue weighted by Gasteiger charge is 2.39. The van der Waals surface area contributed by atoms with Gasteiger partial charge in [0.05, 0.1) is 12.1 Å². The predicted molar refractivity (Wildman–Crippen MR) is 136 cm³/mol. The van der Waals surface area contributed by atoms with Crippen LogP contribution in [0.15, 0.2) is 78.5 Å². The van der Waals surface area contributed by atoms with Gasteiger partial charge in [-0.1, -0.05) is 36.4 Å². The van der Waals surface area contributed by atoms with E-state index in [1.54, 1.807) is 0 Å². The number of carbonyl (C=O) groups is 2. The van der Waals surface area contributed by atoms with E-state index in [-0.39, 0.29) is 30.7 Å². The molecule has 3 aromatic carbocycles. The van der Waals surface area contributed by atoms with Crippen molar-refractivity contribution in [1.29, 1.82) is 0 Å². The summed E-state index contributed by atoms with van der Waals surface area (Å²) < 4.78 is 5.87. The first-order valence-corrected chi connectivity index (χ1v) is 11.2. The Kier molecular flexibility index (Phi) is 6.68. The molecule has 0 unspecified atom stereocenters. The van der Waals surface area contributed by atoms with Crippen LogP contribution in [0.1, 0.15) is 16.7 Å². The van der Waals surface area contributed by atoms with Crippen molar-refractivity contribution in [2.45, 2.75) is 13.8 Å². The topological polar surface area (TPSA) is 61.9 Å². The number of carbonyl (C=O) groups excluding carboxylic acids is 2. The van der Waals surface area contributed by atoms with E-state index in [9.17, 15) is 9.59 Å². The van der Waals surface area contributed by atoms with Gasteiger partial charge in [-0.25, -0.2) is 0 Å². The van der Waals surface area contributed by atoms with Crippen LogP contribution in [0.4, 0.5) is 11.4 Å². The maximum atomic E-state index is 13.4. The van der Waals surface area contributed by atoms with Gasteiger partial charge < -0.3 is 15.0 Å². The van der Waals surface area contributed by atoms with Crippen molar-refractivity contribution in [3.05, 3.63) is 95.2 Å². The third-order valence-electron chi connectivity index (χ3n) is 5.66. The minimum absolute atomic E-state index is 0.158. The summed E-state index contributed by atoms with van der Waals surface area (Å²) in [5.41, 5.74) is 5.33. The summed E-state index contributed by atoms with van der Waals surface area (Å²) in [5.74, 6) is 0.0457. The molecule has 34 heavy (non-hydrogen) atoms. The second-order valence-corrected chi connectivity index (χ2v) is 8.62. The Morgan fingerprint density at radius 1 is 0.853 bits per heavy atom. The van der Waals surface area contributed by atoms with Gasteiger partial charge in [-0.3, -0.25) is 14.5 Å². The van der Waals surface area contributed by atoms with Crippen LogP contribution in [0.3, 0.4) is 0 Å². The van der Waals surface area contributed by atoms with Crippen molar-refractivity contribution in [2.24, 2.45) is 0 Å². The number of aryl methyl sites for hydroxylation is 2. The first kappa shape index (κ1) is 23.1. The zero-order valence-electron chi connectivity index (χ0n) is 20.0. The number of imide groups is 1. The number of amides is 2. The molecule has 3 aromatic rings. The Labute approximate surface area is 200 Å². The molecule has 0 aromatic heterocycles. The maximum absolute atomic E-state index is 13.4. The van der Waals surface area contributed by atoms with Crippen molar-refractivity contribution in [1.82, 2.24) is 4.90 Å². The molecule has 1 N–H and O–H groups in total. The van der Waals surface area contributed by atoms with Crippen LogP contribution in [0.2, 0.25) is 0 Å². The number of anilines is 2. The minimum atomic E-state index is -0.357. The third kappa shape index (κ3) is 4.96. The SMILES string of the molecule is Cc1cc(C)cc(OCCN2C(=O)C(Nc3ccc(N(C)C)cc3)=C(c3ccccc3)C2=O)c1. The Balaban J connectivity index is 1.56. The number of nitrogens with zero attached hydrogens (tertiary/aromatic N) is 2. The van der Waals surface area contributed by atoms with E-state index in [0.717, 1.165) is 28.3 Å². The number of ether oxygens (including phenoxy) is 1. The quantitative estimate of drug-likeness (QED) is 0.502. The van der Waals surface area contributed by atoms with Crippen LogP contribution in [-0.4, -0.2) is 44.0 Å². The summed E-state index contributed by atoms with van der Waals surface area (Å²) in [6.45, 7) is 4.39. The lowest BCUT2D eigenvalue weighted by Gasteiger charge is -2.16. The zero-order valence-corrected chi connectivity index (χ0v) is 20.0. The normalized spacial score (nSPS) is 13.5. The Morgan fingerprint density at radius 3 is 2.12 bits per heavy atom. The molecule has 1 aliphatic rings. The van der Waals surface area contributed by atoms with Gasteiger partial charge in [0, 0.05) is 25.5 Å². The van der Waals surface area contributed by atoms with E-state index in [2.05, 4.69) is 11.4 Å². The molecule has 2 amide bonds. The Morgan fingerprint density at radius 2 is 1.50 bits per heavy atom. The number of benzene rings is 3. The number of hydrogen-bond donors (Lipinski definition) is 1. The highest BCUT2D eigenvalue weighted by molar-refractivity contribution is 6.36. The van der Waals surface area contributed by atoms with Crippen molar-refractivity contribution < 1.29 is 14.3 Å². The van der Waals surface area contributed by atoms with Crippen molar-refractivity contribution in [2.75, 3.05) is 37.5 Å². The molecule has 4 rings (SSSR count). The van der Waals surface area contributed by atoms with Crippen LogP contribution in [0, 0.1) is 13.8 Å². The number of rotatable bonds is 8. The molecular weight excluding hydrogens is 426 g/mol. The fraction of sp³-hybridized carbons (Fsp3) is 0.214. The van der Waals surface area contributed by atoms with Gasteiger partial charge in [0.1, 0.15) is 18.1 Å². The third-order valence-corrected chi connectivity index (χ3v) is 5.66. The smallest absolute Gasteiger partial charge is 0.278 e. The average Bonchev–Trinajstić information content (AvgIpc) is 3.03. The fourth-order valence-corrected chi connectivity index (χ4v) is 4.03. The van der Waals surface area contributed by atoms with Gasteiger partial charge in [-0.15, -0.1) is 0 Å². The zero-order chi connectivity index (χ0) is 24.2. The van der Waals surface area contributed by atoms with E-state index < -0.39 is 0 Å². The second-order valence-electron chi connectivity index (χ2n) is 8.62. The second kappa shape index (κ2) is 9.83. The lowest BCUT2D eigenvalue weighted by Crippen LogP contribution is -2.36. The minimum Gasteiger partial charge on any atom is -0.492 e. The van der Waals surface area contributed by atoms with Gasteiger partial charge in [-0.2, -0.15) is 0 Å². The highest BCUT2D eigenvalue weighted by Crippen LogP contribution is 2.31. The van der Waals surface area contributed by atoms with Crippen LogP contribution in [0.25, 0.3) is 5.57 Å². The first-order valence-electron chi connectivity index (χ1n) is 11.2. The van der Waals surface area contributed by atoms with Crippen molar-refractivity contribution in [3.63, 3.8) is 0 Å². The van der Waals surface area contributed by atoms with E-state index in [0.29, 0.717) is 11.1 Å². The van der Waals surface area contributed by atoms with Crippen LogP contribution < -0.4 is 15.0 Å². The van der Waals surface area contributed by atoms with Crippen LogP contribution >= 0.6 is 0 Å². The maximum Gasteiger partial charge on any atom is 0.278 e. The van der Waals surface area contributed by atoms with Crippen molar-refractivity contribution >= 4 is 28.8 Å². The first-order chi connectivity index (χ1) is 16.3. The van der Waals surface area contributed by atoms with Crippen LogP contribution in [0.5, 0.6) is 5.75 Å². The largest absolute Gasteiger partial charge is 0.492 e. The molecule has 0 spiro atoms. The Bertz CT molecular complexity index is 1210. The summed E-state index contributed by atoms with van der Waals surface area (Å²) >= 11 is 0. The number of hydrogen-bond acceptors (Lipinski definition) is 5. The fourth-order valence-electron chi connectivity index (χ4n) is 4.03. The van der Waals surface area contributed by atoms with Gasteiger partial charge in [0.15, 0.2) is 0 Å². The molecule has 0 saturated carbocycles. The Hall–Kier alpha value is -4.06. The summed E-state index contributed by atoms with van der Waals surface area (Å²) in [7, 11) is 3.94. The molecule has 6 heteroatoms. The summed E-state index contributed by atoms with van der Waals surface area (Å²) in [6, 6.07) is 22.9. The molecule has 0 aliphatic carbocycles. The molecule has 0 atom stereocenters. The molecule has 0 fully saturated rings. The average molecular weight is 456 g/mol. The lowest BCUT2D eigenvalue weighted by molar-refractivity contribution is -0.137. The highest BCUT2D eigenvalue weighted by atomic mass is 16.5. The van der Waals surface area contributed by atoms with E-state index >= 15 is 0 Å². The van der Waals surface area contributed by atoms with Crippen LogP contribution in [-0.2, 0) is 9.59 Å². The lowest BCUT2D eigenvalue weighted by atomic mass is 10.0. The summed E-state index contributed by atoms with van der Waals surface area (Å²) in [4.78, 5) is 30.0. The molecule has 0 radical (unpaired) electrons. The predicted octanol–water partition coefficient (Wildman–Crippen LogP) is 4.64. The van der Waals surface area contributed by atoms with Gasteiger partial charge >= 0.3 is 0 Å².